The number of nitrogens with one attached hydrogen (secondary N) is 1. The lowest BCUT2D eigenvalue weighted by molar-refractivity contribution is -0.296. The van der Waals surface area contributed by atoms with E-state index in [0.717, 1.165) is 5.56 Å². The van der Waals surface area contributed by atoms with Gasteiger partial charge in [0.15, 0.2) is 0 Å². The molecule has 0 radical (unpaired) electrons. The van der Waals surface area contributed by atoms with Crippen molar-refractivity contribution in [1.29, 1.82) is 0 Å². The second-order valence-electron chi connectivity index (χ2n) is 4.24. The number of ether oxygens (including phenoxy) is 2. The Morgan fingerprint density at radius 1 is 1.05 bits per heavy atom. The fraction of sp³-hybridized carbons (Fsp3) is 0.538. The summed E-state index contributed by atoms with van der Waals surface area (Å²) in [5.41, 5.74) is 0.848. The van der Waals surface area contributed by atoms with Crippen LogP contribution >= 0.6 is 0 Å². The molecule has 21 heavy (non-hydrogen) atoms. The van der Waals surface area contributed by atoms with Crippen molar-refractivity contribution >= 4 is 0 Å². The van der Waals surface area contributed by atoms with Gasteiger partial charge in [-0.15, -0.1) is 0 Å². The molecule has 3 nitrogen and oxygen atoms in total. The molecule has 120 valence electrons. The molecule has 8 heteroatoms. The first-order valence-electron chi connectivity index (χ1n) is 6.15. The molecular weight excluding hydrogens is 297 g/mol. The number of hydrogen-bond donors (Lipinski definition) is 1. The third kappa shape index (κ3) is 5.47. The molecule has 0 spiro atoms. The van der Waals surface area contributed by atoms with Gasteiger partial charge in [0.1, 0.15) is 19.0 Å². The second kappa shape index (κ2) is 7.56. The highest BCUT2D eigenvalue weighted by Crippen LogP contribution is 2.35. The van der Waals surface area contributed by atoms with E-state index in [1.807, 2.05) is 6.07 Å². The van der Waals surface area contributed by atoms with E-state index >= 15 is 0 Å². The van der Waals surface area contributed by atoms with Crippen LogP contribution in [0.2, 0.25) is 0 Å². The average Bonchev–Trinajstić information content (AvgIpc) is 2.39. The Morgan fingerprint density at radius 3 is 2.33 bits per heavy atom. The fourth-order valence-electron chi connectivity index (χ4n) is 1.47. The molecule has 1 aromatic carbocycles. The first-order valence-corrected chi connectivity index (χ1v) is 6.15. The predicted molar refractivity (Wildman–Crippen MR) is 66.5 cm³/mol. The van der Waals surface area contributed by atoms with Gasteiger partial charge in [0.05, 0.1) is 6.61 Å². The van der Waals surface area contributed by atoms with E-state index in [0.29, 0.717) is 12.3 Å². The topological polar surface area (TPSA) is 30.5 Å². The summed E-state index contributed by atoms with van der Waals surface area (Å²) >= 11 is 0. The summed E-state index contributed by atoms with van der Waals surface area (Å²) in [7, 11) is 1.75. The minimum Gasteiger partial charge on any atom is -0.491 e. The lowest BCUT2D eigenvalue weighted by atomic mass is 10.2. The summed E-state index contributed by atoms with van der Waals surface area (Å²) in [6.07, 6.45) is -5.60. The molecule has 0 saturated heterocycles. The largest absolute Gasteiger partial charge is 0.491 e. The van der Waals surface area contributed by atoms with Crippen LogP contribution in [0.15, 0.2) is 24.3 Å². The van der Waals surface area contributed by atoms with Gasteiger partial charge in [0, 0.05) is 12.1 Å². The van der Waals surface area contributed by atoms with Crippen LogP contribution in [0, 0.1) is 0 Å². The first kappa shape index (κ1) is 17.6. The van der Waals surface area contributed by atoms with E-state index in [1.54, 1.807) is 25.2 Å². The van der Waals surface area contributed by atoms with Crippen LogP contribution in [0.5, 0.6) is 5.75 Å². The van der Waals surface area contributed by atoms with Crippen molar-refractivity contribution in [3.63, 3.8) is 0 Å². The first-order chi connectivity index (χ1) is 9.78. The molecule has 0 bridgehead atoms. The third-order valence-electron chi connectivity index (χ3n) is 2.52. The van der Waals surface area contributed by atoms with Crippen LogP contribution in [0.25, 0.3) is 0 Å². The van der Waals surface area contributed by atoms with E-state index in [9.17, 15) is 22.0 Å². The zero-order chi connectivity index (χ0) is 15.9. The van der Waals surface area contributed by atoms with Gasteiger partial charge >= 0.3 is 12.1 Å². The SMILES string of the molecule is CNCc1ccccc1OCCOCC(F)(F)C(F)(F)F. The lowest BCUT2D eigenvalue weighted by Crippen LogP contribution is -2.41. The quantitative estimate of drug-likeness (QED) is 0.591. The molecule has 1 N–H and O–H groups in total. The standard InChI is InChI=1S/C13H16F5NO2/c1-19-8-10-4-2-3-5-11(10)21-7-6-20-9-12(14,15)13(16,17)18/h2-5,19H,6-9H2,1H3. The molecule has 0 unspecified atom stereocenters. The summed E-state index contributed by atoms with van der Waals surface area (Å²) in [6, 6.07) is 7.02. The van der Waals surface area contributed by atoms with Crippen molar-refractivity contribution in [3.8, 4) is 5.75 Å². The predicted octanol–water partition coefficient (Wildman–Crippen LogP) is 3.00. The summed E-state index contributed by atoms with van der Waals surface area (Å²) in [5.74, 6) is -4.32. The van der Waals surface area contributed by atoms with Gasteiger partial charge in [0.25, 0.3) is 0 Å². The number of hydrogen-bond acceptors (Lipinski definition) is 3. The molecule has 1 rings (SSSR count). The Bertz CT molecular complexity index is 437. The fourth-order valence-corrected chi connectivity index (χ4v) is 1.47. The van der Waals surface area contributed by atoms with E-state index in [2.05, 4.69) is 10.1 Å². The van der Waals surface area contributed by atoms with E-state index in [1.165, 1.54) is 0 Å². The van der Waals surface area contributed by atoms with E-state index in [4.69, 9.17) is 4.74 Å². The van der Waals surface area contributed by atoms with E-state index in [-0.39, 0.29) is 13.2 Å². The van der Waals surface area contributed by atoms with Crippen molar-refractivity contribution in [2.45, 2.75) is 18.6 Å². The molecule has 0 saturated carbocycles. The number of halogens is 5. The zero-order valence-corrected chi connectivity index (χ0v) is 11.3. The van der Waals surface area contributed by atoms with Crippen molar-refractivity contribution in [2.75, 3.05) is 26.9 Å². The van der Waals surface area contributed by atoms with Crippen LogP contribution < -0.4 is 10.1 Å². The van der Waals surface area contributed by atoms with Gasteiger partial charge in [-0.1, -0.05) is 18.2 Å². The maximum absolute atomic E-state index is 12.5. The highest BCUT2D eigenvalue weighted by molar-refractivity contribution is 5.33. The zero-order valence-electron chi connectivity index (χ0n) is 11.3. The molecule has 0 aliphatic carbocycles. The Morgan fingerprint density at radius 2 is 1.71 bits per heavy atom. The Hall–Kier alpha value is -1.41. The summed E-state index contributed by atoms with van der Waals surface area (Å²) < 4.78 is 70.4. The summed E-state index contributed by atoms with van der Waals surface area (Å²) in [5, 5.41) is 2.93. The van der Waals surface area contributed by atoms with E-state index < -0.39 is 18.7 Å². The molecule has 0 heterocycles. The second-order valence-corrected chi connectivity index (χ2v) is 4.24. The van der Waals surface area contributed by atoms with Gasteiger partial charge in [0.2, 0.25) is 0 Å². The van der Waals surface area contributed by atoms with Crippen molar-refractivity contribution in [2.24, 2.45) is 0 Å². The van der Waals surface area contributed by atoms with Crippen LogP contribution in [-0.2, 0) is 11.3 Å². The van der Waals surface area contributed by atoms with Gasteiger partial charge in [-0.25, -0.2) is 0 Å². The number of alkyl halides is 5. The maximum atomic E-state index is 12.5. The summed E-state index contributed by atoms with van der Waals surface area (Å²) in [4.78, 5) is 0. The van der Waals surface area contributed by atoms with Gasteiger partial charge in [-0.05, 0) is 13.1 Å². The third-order valence-corrected chi connectivity index (χ3v) is 2.52. The smallest absolute Gasteiger partial charge is 0.455 e. The van der Waals surface area contributed by atoms with Crippen molar-refractivity contribution in [3.05, 3.63) is 29.8 Å². The Balaban J connectivity index is 2.35. The average molecular weight is 313 g/mol. The molecule has 0 amide bonds. The van der Waals surface area contributed by atoms with Crippen molar-refractivity contribution < 1.29 is 31.4 Å². The number of para-hydroxylation sites is 1. The number of rotatable bonds is 8. The lowest BCUT2D eigenvalue weighted by Gasteiger charge is -2.19. The molecule has 0 aliphatic heterocycles. The van der Waals surface area contributed by atoms with Gasteiger partial charge in [-0.2, -0.15) is 22.0 Å². The van der Waals surface area contributed by atoms with Gasteiger partial charge < -0.3 is 14.8 Å². The molecule has 0 aromatic heterocycles. The monoisotopic (exact) mass is 313 g/mol. The Labute approximate surface area is 119 Å². The minimum atomic E-state index is -5.60. The van der Waals surface area contributed by atoms with Crippen LogP contribution in [0.1, 0.15) is 5.56 Å². The maximum Gasteiger partial charge on any atom is 0.455 e. The molecular formula is C13H16F5NO2. The molecule has 0 atom stereocenters. The highest BCUT2D eigenvalue weighted by Gasteiger charge is 2.57. The molecule has 0 fully saturated rings. The van der Waals surface area contributed by atoms with Crippen molar-refractivity contribution in [1.82, 2.24) is 5.32 Å². The highest BCUT2D eigenvalue weighted by atomic mass is 19.4. The number of benzene rings is 1. The summed E-state index contributed by atoms with van der Waals surface area (Å²) in [6.45, 7) is -1.64. The van der Waals surface area contributed by atoms with Crippen LogP contribution in [-0.4, -0.2) is 39.0 Å². The van der Waals surface area contributed by atoms with Gasteiger partial charge in [-0.3, -0.25) is 0 Å². The molecule has 1 aromatic rings. The molecule has 0 aliphatic rings. The normalized spacial score (nSPS) is 12.5. The van der Waals surface area contributed by atoms with Crippen LogP contribution in [0.3, 0.4) is 0 Å². The van der Waals surface area contributed by atoms with Crippen LogP contribution in [0.4, 0.5) is 22.0 Å². The minimum absolute atomic E-state index is 0.116. The Kier molecular flexibility index (Phi) is 6.35.